The summed E-state index contributed by atoms with van der Waals surface area (Å²) >= 11 is 0. The lowest BCUT2D eigenvalue weighted by atomic mass is 10.1. The fourth-order valence-electron chi connectivity index (χ4n) is 1.84. The zero-order chi connectivity index (χ0) is 15.5. The highest BCUT2D eigenvalue weighted by molar-refractivity contribution is 7.85. The van der Waals surface area contributed by atoms with E-state index in [2.05, 4.69) is 5.32 Å². The predicted molar refractivity (Wildman–Crippen MR) is 76.1 cm³/mol. The van der Waals surface area contributed by atoms with E-state index in [4.69, 9.17) is 4.55 Å². The second-order valence-electron chi connectivity index (χ2n) is 4.46. The van der Waals surface area contributed by atoms with Gasteiger partial charge in [0.05, 0.1) is 4.90 Å². The Balaban J connectivity index is 0.000000194. The van der Waals surface area contributed by atoms with Gasteiger partial charge in [0.1, 0.15) is 0 Å². The minimum atomic E-state index is -4.09. The van der Waals surface area contributed by atoms with Gasteiger partial charge in [-0.15, -0.1) is 0 Å². The zero-order valence-electron chi connectivity index (χ0n) is 10.9. The van der Waals surface area contributed by atoms with Crippen molar-refractivity contribution in [3.63, 3.8) is 0 Å². The minimum Gasteiger partial charge on any atom is -0.296 e. The molecule has 2 aromatic carbocycles. The van der Waals surface area contributed by atoms with Gasteiger partial charge in [-0.25, -0.2) is 0 Å². The van der Waals surface area contributed by atoms with Gasteiger partial charge in [-0.05, 0) is 22.9 Å². The van der Waals surface area contributed by atoms with Crippen LogP contribution in [0.2, 0.25) is 0 Å². The van der Waals surface area contributed by atoms with E-state index in [1.807, 2.05) is 18.2 Å². The molecule has 7 heteroatoms. The van der Waals surface area contributed by atoms with Crippen LogP contribution in [0.1, 0.15) is 12.8 Å². The van der Waals surface area contributed by atoms with Crippen molar-refractivity contribution in [2.45, 2.75) is 17.7 Å². The van der Waals surface area contributed by atoms with Crippen LogP contribution in [0.4, 0.5) is 0 Å². The Morgan fingerprint density at radius 2 is 1.48 bits per heavy atom. The number of rotatable bonds is 1. The Labute approximate surface area is 121 Å². The average Bonchev–Trinajstić information content (AvgIpc) is 2.81. The molecule has 6 nitrogen and oxygen atoms in total. The van der Waals surface area contributed by atoms with E-state index in [1.54, 1.807) is 12.1 Å². The highest BCUT2D eigenvalue weighted by Gasteiger charge is 2.15. The Kier molecular flexibility index (Phi) is 4.35. The molecule has 0 aliphatic carbocycles. The van der Waals surface area contributed by atoms with Gasteiger partial charge >= 0.3 is 0 Å². The van der Waals surface area contributed by atoms with Crippen molar-refractivity contribution in [2.24, 2.45) is 0 Å². The number of carbonyl (C=O) groups excluding carboxylic acids is 2. The molecule has 2 amide bonds. The summed E-state index contributed by atoms with van der Waals surface area (Å²) in [5.74, 6) is -0.296. The van der Waals surface area contributed by atoms with Gasteiger partial charge in [-0.1, -0.05) is 30.3 Å². The summed E-state index contributed by atoms with van der Waals surface area (Å²) in [5.41, 5.74) is 0. The molecule has 110 valence electrons. The molecule has 1 aliphatic rings. The van der Waals surface area contributed by atoms with Crippen LogP contribution in [0.3, 0.4) is 0 Å². The van der Waals surface area contributed by atoms with Crippen LogP contribution >= 0.6 is 0 Å². The van der Waals surface area contributed by atoms with Gasteiger partial charge in [-0.2, -0.15) is 8.42 Å². The van der Waals surface area contributed by atoms with Crippen LogP contribution in [-0.4, -0.2) is 24.8 Å². The molecule has 0 aromatic heterocycles. The van der Waals surface area contributed by atoms with E-state index in [1.165, 1.54) is 12.1 Å². The van der Waals surface area contributed by atoms with Crippen molar-refractivity contribution < 1.29 is 22.6 Å². The number of hydrogen-bond donors (Lipinski definition) is 2. The maximum atomic E-state index is 10.8. The van der Waals surface area contributed by atoms with Crippen molar-refractivity contribution in [3.05, 3.63) is 42.5 Å². The monoisotopic (exact) mass is 307 g/mol. The molecule has 1 heterocycles. The quantitative estimate of drug-likeness (QED) is 0.614. The number of imide groups is 1. The largest absolute Gasteiger partial charge is 0.296 e. The SMILES string of the molecule is O=C1CCC(=O)N1.O=S(=O)(O)c1ccc2ccccc2c1. The average molecular weight is 307 g/mol. The van der Waals surface area contributed by atoms with Crippen LogP contribution in [0.15, 0.2) is 47.4 Å². The number of nitrogens with one attached hydrogen (secondary N) is 1. The fraction of sp³-hybridized carbons (Fsp3) is 0.143. The molecule has 1 fully saturated rings. The number of hydrogen-bond acceptors (Lipinski definition) is 4. The molecule has 1 saturated heterocycles. The molecule has 2 N–H and O–H groups in total. The molecule has 0 bridgehead atoms. The maximum Gasteiger partial charge on any atom is 0.294 e. The molecule has 2 aromatic rings. The second-order valence-corrected chi connectivity index (χ2v) is 5.88. The van der Waals surface area contributed by atoms with Gasteiger partial charge in [0, 0.05) is 12.8 Å². The number of carbonyl (C=O) groups is 2. The predicted octanol–water partition coefficient (Wildman–Crippen LogP) is 1.51. The first-order valence-electron chi connectivity index (χ1n) is 6.15. The van der Waals surface area contributed by atoms with Crippen LogP contribution in [0, 0.1) is 0 Å². The van der Waals surface area contributed by atoms with Crippen LogP contribution in [0.5, 0.6) is 0 Å². The third-order valence-corrected chi connectivity index (χ3v) is 3.73. The lowest BCUT2D eigenvalue weighted by Crippen LogP contribution is -2.18. The van der Waals surface area contributed by atoms with Crippen molar-refractivity contribution in [3.8, 4) is 0 Å². The first-order chi connectivity index (χ1) is 9.86. The fourth-order valence-corrected chi connectivity index (χ4v) is 2.35. The molecule has 0 atom stereocenters. The summed E-state index contributed by atoms with van der Waals surface area (Å²) in [6.07, 6.45) is 0.748. The smallest absolute Gasteiger partial charge is 0.294 e. The van der Waals surface area contributed by atoms with Gasteiger partial charge in [0.15, 0.2) is 0 Å². The van der Waals surface area contributed by atoms with Crippen molar-refractivity contribution in [1.29, 1.82) is 0 Å². The molecule has 0 unspecified atom stereocenters. The van der Waals surface area contributed by atoms with E-state index in [-0.39, 0.29) is 16.7 Å². The van der Waals surface area contributed by atoms with E-state index in [0.717, 1.165) is 10.8 Å². The summed E-state index contributed by atoms with van der Waals surface area (Å²) in [6.45, 7) is 0. The molecule has 1 aliphatic heterocycles. The zero-order valence-corrected chi connectivity index (χ0v) is 11.8. The molecular weight excluding hydrogens is 294 g/mol. The Bertz CT molecular complexity index is 784. The molecule has 21 heavy (non-hydrogen) atoms. The summed E-state index contributed by atoms with van der Waals surface area (Å²) in [4.78, 5) is 20.2. The molecule has 0 spiro atoms. The van der Waals surface area contributed by atoms with Crippen molar-refractivity contribution >= 4 is 32.7 Å². The van der Waals surface area contributed by atoms with E-state index < -0.39 is 10.1 Å². The van der Waals surface area contributed by atoms with E-state index in [9.17, 15) is 18.0 Å². The number of fused-ring (bicyclic) bond motifs is 1. The number of amides is 2. The van der Waals surface area contributed by atoms with Crippen LogP contribution in [-0.2, 0) is 19.7 Å². The molecule has 0 radical (unpaired) electrons. The van der Waals surface area contributed by atoms with Gasteiger partial charge < -0.3 is 0 Å². The van der Waals surface area contributed by atoms with Gasteiger partial charge in [0.25, 0.3) is 10.1 Å². The molecule has 3 rings (SSSR count). The highest BCUT2D eigenvalue weighted by atomic mass is 32.2. The normalized spacial score (nSPS) is 14.5. The first-order valence-corrected chi connectivity index (χ1v) is 7.59. The maximum absolute atomic E-state index is 10.8. The first kappa shape index (κ1) is 15.1. The summed E-state index contributed by atoms with van der Waals surface area (Å²) in [6, 6.07) is 11.9. The van der Waals surface area contributed by atoms with Gasteiger partial charge in [0.2, 0.25) is 11.8 Å². The van der Waals surface area contributed by atoms with E-state index in [0.29, 0.717) is 12.8 Å². The third-order valence-electron chi connectivity index (χ3n) is 2.88. The lowest BCUT2D eigenvalue weighted by Gasteiger charge is -1.99. The Morgan fingerprint density at radius 1 is 0.905 bits per heavy atom. The minimum absolute atomic E-state index is 0.0730. The van der Waals surface area contributed by atoms with Crippen molar-refractivity contribution in [1.82, 2.24) is 5.32 Å². The summed E-state index contributed by atoms with van der Waals surface area (Å²) in [7, 11) is -4.09. The van der Waals surface area contributed by atoms with E-state index >= 15 is 0 Å². The molecular formula is C14H13NO5S. The highest BCUT2D eigenvalue weighted by Crippen LogP contribution is 2.18. The lowest BCUT2D eigenvalue weighted by molar-refractivity contribution is -0.124. The summed E-state index contributed by atoms with van der Waals surface area (Å²) in [5, 5.41) is 3.88. The van der Waals surface area contributed by atoms with Crippen molar-refractivity contribution in [2.75, 3.05) is 0 Å². The second kappa shape index (κ2) is 6.02. The Hall–Kier alpha value is -2.25. The summed E-state index contributed by atoms with van der Waals surface area (Å²) < 4.78 is 30.5. The van der Waals surface area contributed by atoms with Crippen LogP contribution < -0.4 is 5.32 Å². The number of benzene rings is 2. The topological polar surface area (TPSA) is 101 Å². The van der Waals surface area contributed by atoms with Crippen LogP contribution in [0.25, 0.3) is 10.8 Å². The molecule has 0 saturated carbocycles. The standard InChI is InChI=1S/C10H8O3S.C4H5NO2/c11-14(12,13)10-6-5-8-3-1-2-4-9(8)7-10;6-3-1-2-4(7)5-3/h1-7H,(H,11,12,13);1-2H2,(H,5,6,7). The Morgan fingerprint density at radius 3 is 1.95 bits per heavy atom. The third kappa shape index (κ3) is 4.11. The van der Waals surface area contributed by atoms with Gasteiger partial charge in [-0.3, -0.25) is 19.5 Å².